The molecule has 0 spiro atoms. The van der Waals surface area contributed by atoms with Crippen molar-refractivity contribution < 1.29 is 9.21 Å². The number of aromatic nitrogens is 4. The maximum absolute atomic E-state index is 12.3. The second-order valence-corrected chi connectivity index (χ2v) is 4.34. The quantitative estimate of drug-likeness (QED) is 0.646. The number of nitrogens with zero attached hydrogens (tertiary/aromatic N) is 2. The largest absolute Gasteiger partial charge is 0.442 e. The Bertz CT molecular complexity index is 857. The van der Waals surface area contributed by atoms with Gasteiger partial charge < -0.3 is 14.7 Å². The van der Waals surface area contributed by atoms with Gasteiger partial charge in [0.25, 0.3) is 11.5 Å². The molecule has 3 aromatic rings. The lowest BCUT2D eigenvalue weighted by molar-refractivity contribution is 0.102. The third-order valence-corrected chi connectivity index (χ3v) is 2.84. The number of H-pyrrole nitrogens is 2. The molecule has 0 aliphatic heterocycles. The summed E-state index contributed by atoms with van der Waals surface area (Å²) in [6, 6.07) is 1.68. The molecule has 3 N–H and O–H groups in total. The third-order valence-electron chi connectivity index (χ3n) is 2.84. The Morgan fingerprint density at radius 3 is 2.90 bits per heavy atom. The summed E-state index contributed by atoms with van der Waals surface area (Å²) in [7, 11) is 0. The van der Waals surface area contributed by atoms with E-state index in [1.807, 2.05) is 6.92 Å². The maximum Gasteiger partial charge on any atom is 0.262 e. The standard InChI is InChI=1S/C12H11N5O3/c1-5-3-7(17-16-5)15-11(19)8-6(2)20-12-9(8)10(18)13-4-14-12/h3-4H,1-2H3,(H,13,14,18)(H2,15,16,17,19). The first-order valence-corrected chi connectivity index (χ1v) is 5.86. The summed E-state index contributed by atoms with van der Waals surface area (Å²) < 4.78 is 5.32. The van der Waals surface area contributed by atoms with Crippen LogP contribution in [0.25, 0.3) is 11.1 Å². The van der Waals surface area contributed by atoms with E-state index < -0.39 is 11.5 Å². The molecule has 0 fully saturated rings. The minimum atomic E-state index is -0.466. The first-order chi connectivity index (χ1) is 9.56. The Labute approximate surface area is 112 Å². The first-order valence-electron chi connectivity index (χ1n) is 5.86. The highest BCUT2D eigenvalue weighted by Crippen LogP contribution is 2.21. The number of hydrogen-bond donors (Lipinski definition) is 3. The lowest BCUT2D eigenvalue weighted by atomic mass is 10.2. The van der Waals surface area contributed by atoms with E-state index in [1.54, 1.807) is 13.0 Å². The molecule has 0 bridgehead atoms. The third kappa shape index (κ3) is 1.87. The van der Waals surface area contributed by atoms with Crippen LogP contribution in [0, 0.1) is 13.8 Å². The van der Waals surface area contributed by atoms with Crippen molar-refractivity contribution in [1.29, 1.82) is 0 Å². The van der Waals surface area contributed by atoms with Gasteiger partial charge in [-0.25, -0.2) is 4.98 Å². The van der Waals surface area contributed by atoms with E-state index in [4.69, 9.17) is 4.42 Å². The summed E-state index contributed by atoms with van der Waals surface area (Å²) in [5.74, 6) is 0.238. The molecule has 3 heterocycles. The number of anilines is 1. The Morgan fingerprint density at radius 2 is 2.20 bits per heavy atom. The normalized spacial score (nSPS) is 10.9. The highest BCUT2D eigenvalue weighted by molar-refractivity contribution is 6.12. The van der Waals surface area contributed by atoms with Gasteiger partial charge in [-0.1, -0.05) is 0 Å². The number of rotatable bonds is 2. The second kappa shape index (κ2) is 4.34. The summed E-state index contributed by atoms with van der Waals surface area (Å²) in [6.45, 7) is 3.42. The lowest BCUT2D eigenvalue weighted by Gasteiger charge is -2.00. The predicted octanol–water partition coefficient (Wildman–Crippen LogP) is 1.11. The number of nitrogens with one attached hydrogen (secondary N) is 3. The van der Waals surface area contributed by atoms with Gasteiger partial charge in [0, 0.05) is 11.8 Å². The van der Waals surface area contributed by atoms with Gasteiger partial charge in [-0.2, -0.15) is 5.10 Å². The first kappa shape index (κ1) is 12.2. The van der Waals surface area contributed by atoms with Crippen LogP contribution in [0.15, 0.2) is 21.6 Å². The van der Waals surface area contributed by atoms with E-state index in [0.29, 0.717) is 11.6 Å². The highest BCUT2D eigenvalue weighted by Gasteiger charge is 2.22. The molecule has 0 saturated heterocycles. The molecule has 0 unspecified atom stereocenters. The summed E-state index contributed by atoms with van der Waals surface area (Å²) >= 11 is 0. The van der Waals surface area contributed by atoms with E-state index in [9.17, 15) is 9.59 Å². The van der Waals surface area contributed by atoms with Crippen LogP contribution in [0.1, 0.15) is 21.8 Å². The van der Waals surface area contributed by atoms with Crippen LogP contribution in [0.2, 0.25) is 0 Å². The monoisotopic (exact) mass is 273 g/mol. The number of hydrogen-bond acceptors (Lipinski definition) is 5. The van der Waals surface area contributed by atoms with Gasteiger partial charge in [0.2, 0.25) is 5.71 Å². The van der Waals surface area contributed by atoms with Gasteiger partial charge in [-0.15, -0.1) is 0 Å². The fraction of sp³-hybridized carbons (Fsp3) is 0.167. The average molecular weight is 273 g/mol. The van der Waals surface area contributed by atoms with Crippen molar-refractivity contribution in [2.24, 2.45) is 0 Å². The predicted molar refractivity (Wildman–Crippen MR) is 70.6 cm³/mol. The van der Waals surface area contributed by atoms with Gasteiger partial charge in [0.05, 0.1) is 11.9 Å². The van der Waals surface area contributed by atoms with E-state index in [2.05, 4.69) is 25.5 Å². The molecule has 0 atom stereocenters. The average Bonchev–Trinajstić information content (AvgIpc) is 2.93. The molecule has 3 rings (SSSR count). The fourth-order valence-electron chi connectivity index (χ4n) is 1.99. The van der Waals surface area contributed by atoms with Crippen LogP contribution >= 0.6 is 0 Å². The van der Waals surface area contributed by atoms with Crippen molar-refractivity contribution in [1.82, 2.24) is 20.2 Å². The fourth-order valence-corrected chi connectivity index (χ4v) is 1.99. The summed E-state index contributed by atoms with van der Waals surface area (Å²) in [4.78, 5) is 30.4. The molecule has 0 radical (unpaired) electrons. The van der Waals surface area contributed by atoms with Gasteiger partial charge in [0.1, 0.15) is 11.1 Å². The smallest absolute Gasteiger partial charge is 0.262 e. The highest BCUT2D eigenvalue weighted by atomic mass is 16.3. The molecule has 3 aromatic heterocycles. The van der Waals surface area contributed by atoms with Crippen molar-refractivity contribution in [3.63, 3.8) is 0 Å². The zero-order valence-electron chi connectivity index (χ0n) is 10.8. The minimum Gasteiger partial charge on any atom is -0.442 e. The number of amides is 1. The van der Waals surface area contributed by atoms with Crippen molar-refractivity contribution >= 4 is 22.8 Å². The van der Waals surface area contributed by atoms with Crippen LogP contribution in [0.5, 0.6) is 0 Å². The molecule has 1 amide bonds. The molecule has 0 saturated carbocycles. The summed E-state index contributed by atoms with van der Waals surface area (Å²) in [5.41, 5.74) is 0.688. The van der Waals surface area contributed by atoms with Crippen LogP contribution in [-0.2, 0) is 0 Å². The van der Waals surface area contributed by atoms with Crippen LogP contribution in [0.4, 0.5) is 5.82 Å². The minimum absolute atomic E-state index is 0.134. The number of aryl methyl sites for hydroxylation is 2. The van der Waals surface area contributed by atoms with E-state index in [0.717, 1.165) is 5.69 Å². The summed E-state index contributed by atoms with van der Waals surface area (Å²) in [5, 5.41) is 9.36. The molecule has 8 nitrogen and oxygen atoms in total. The molecule has 0 aromatic carbocycles. The maximum atomic E-state index is 12.3. The van der Waals surface area contributed by atoms with Gasteiger partial charge in [-0.05, 0) is 13.8 Å². The van der Waals surface area contributed by atoms with Crippen molar-refractivity contribution in [3.8, 4) is 0 Å². The van der Waals surface area contributed by atoms with Crippen molar-refractivity contribution in [3.05, 3.63) is 39.8 Å². The Balaban J connectivity index is 2.07. The van der Waals surface area contributed by atoms with Crippen molar-refractivity contribution in [2.45, 2.75) is 13.8 Å². The number of carbonyl (C=O) groups is 1. The molecular formula is C12H11N5O3. The Morgan fingerprint density at radius 1 is 1.40 bits per heavy atom. The van der Waals surface area contributed by atoms with E-state index in [-0.39, 0.29) is 16.7 Å². The lowest BCUT2D eigenvalue weighted by Crippen LogP contribution is -2.16. The molecular weight excluding hydrogens is 262 g/mol. The molecule has 8 heteroatoms. The van der Waals surface area contributed by atoms with Gasteiger partial charge >= 0.3 is 0 Å². The number of aromatic amines is 2. The van der Waals surface area contributed by atoms with Crippen LogP contribution in [0.3, 0.4) is 0 Å². The SMILES string of the molecule is Cc1cc(NC(=O)c2c(C)oc3nc[nH]c(=O)c23)n[nH]1. The van der Waals surface area contributed by atoms with Crippen molar-refractivity contribution in [2.75, 3.05) is 5.32 Å². The zero-order valence-corrected chi connectivity index (χ0v) is 10.8. The Hall–Kier alpha value is -2.90. The molecule has 0 aliphatic rings. The van der Waals surface area contributed by atoms with Crippen LogP contribution < -0.4 is 10.9 Å². The van der Waals surface area contributed by atoms with E-state index >= 15 is 0 Å². The number of furan rings is 1. The second-order valence-electron chi connectivity index (χ2n) is 4.34. The number of fused-ring (bicyclic) bond motifs is 1. The summed E-state index contributed by atoms with van der Waals surface area (Å²) in [6.07, 6.45) is 1.23. The zero-order chi connectivity index (χ0) is 14.3. The van der Waals surface area contributed by atoms with Crippen LogP contribution in [-0.4, -0.2) is 26.1 Å². The molecule has 102 valence electrons. The van der Waals surface area contributed by atoms with Gasteiger partial charge in [-0.3, -0.25) is 14.7 Å². The topological polar surface area (TPSA) is 117 Å². The number of carbonyl (C=O) groups excluding carboxylic acids is 1. The Kier molecular flexibility index (Phi) is 2.63. The molecule has 20 heavy (non-hydrogen) atoms. The van der Waals surface area contributed by atoms with Gasteiger partial charge in [0.15, 0.2) is 5.82 Å². The molecule has 0 aliphatic carbocycles. The van der Waals surface area contributed by atoms with E-state index in [1.165, 1.54) is 6.33 Å².